The number of nitrogens with zero attached hydrogens (tertiary/aromatic N) is 4. The maximum atomic E-state index is 12.8. The molecule has 4 rings (SSSR count). The molecule has 9 nitrogen and oxygen atoms in total. The number of urea groups is 1. The third-order valence-corrected chi connectivity index (χ3v) is 5.24. The van der Waals surface area contributed by atoms with Crippen molar-refractivity contribution in [2.75, 3.05) is 6.54 Å². The van der Waals surface area contributed by atoms with E-state index in [1.165, 1.54) is 5.56 Å². The number of aromatic nitrogens is 3. The molecule has 0 saturated carbocycles. The summed E-state index contributed by atoms with van der Waals surface area (Å²) in [6.45, 7) is 2.88. The molecule has 1 saturated heterocycles. The van der Waals surface area contributed by atoms with Crippen molar-refractivity contribution >= 4 is 17.8 Å². The Hall–Kier alpha value is -3.23. The van der Waals surface area contributed by atoms with E-state index in [9.17, 15) is 14.4 Å². The summed E-state index contributed by atoms with van der Waals surface area (Å²) < 4.78 is 2.11. The second-order valence-electron chi connectivity index (χ2n) is 7.21. The quantitative estimate of drug-likeness (QED) is 0.740. The van der Waals surface area contributed by atoms with Crippen LogP contribution in [-0.2, 0) is 22.6 Å². The second kappa shape index (κ2) is 7.41. The van der Waals surface area contributed by atoms with Gasteiger partial charge in [0.15, 0.2) is 5.82 Å². The zero-order valence-electron chi connectivity index (χ0n) is 15.6. The van der Waals surface area contributed by atoms with E-state index in [1.54, 1.807) is 4.90 Å². The minimum Gasteiger partial charge on any atom is -0.333 e. The van der Waals surface area contributed by atoms with Crippen molar-refractivity contribution in [1.82, 2.24) is 30.3 Å². The highest BCUT2D eigenvalue weighted by Gasteiger charge is 2.33. The van der Waals surface area contributed by atoms with Gasteiger partial charge in [0.05, 0.1) is 12.6 Å². The molecule has 9 heteroatoms. The predicted octanol–water partition coefficient (Wildman–Crippen LogP) is 0.701. The Balaban J connectivity index is 1.46. The maximum Gasteiger partial charge on any atom is 0.322 e. The molecule has 0 unspecified atom stereocenters. The van der Waals surface area contributed by atoms with Crippen molar-refractivity contribution in [3.63, 3.8) is 0 Å². The summed E-state index contributed by atoms with van der Waals surface area (Å²) in [7, 11) is 0. The SMILES string of the molecule is Cc1nnc2n1[C@H](Cc1ccccc1)CN(C(=O)CC[C@@H]1NC(=O)NC1=O)C2. The van der Waals surface area contributed by atoms with Crippen LogP contribution in [0.2, 0.25) is 0 Å². The van der Waals surface area contributed by atoms with Crippen LogP contribution in [0.5, 0.6) is 0 Å². The van der Waals surface area contributed by atoms with Gasteiger partial charge in [-0.2, -0.15) is 0 Å². The van der Waals surface area contributed by atoms with Crippen LogP contribution in [0.25, 0.3) is 0 Å². The molecule has 2 N–H and O–H groups in total. The number of carbonyl (C=O) groups excluding carboxylic acids is 3. The number of fused-ring (bicyclic) bond motifs is 1. The number of nitrogens with one attached hydrogen (secondary N) is 2. The minimum absolute atomic E-state index is 0.0552. The van der Waals surface area contributed by atoms with E-state index >= 15 is 0 Å². The molecule has 146 valence electrons. The normalized spacial score (nSPS) is 21.2. The van der Waals surface area contributed by atoms with Crippen molar-refractivity contribution in [3.05, 3.63) is 47.5 Å². The lowest BCUT2D eigenvalue weighted by Crippen LogP contribution is -2.42. The van der Waals surface area contributed by atoms with E-state index in [4.69, 9.17) is 0 Å². The van der Waals surface area contributed by atoms with Gasteiger partial charge in [0, 0.05) is 13.0 Å². The van der Waals surface area contributed by atoms with Crippen LogP contribution < -0.4 is 10.6 Å². The predicted molar refractivity (Wildman–Crippen MR) is 99.1 cm³/mol. The number of hydrogen-bond donors (Lipinski definition) is 2. The fourth-order valence-corrected chi connectivity index (χ4v) is 3.89. The molecule has 2 aromatic rings. The number of benzene rings is 1. The Kier molecular flexibility index (Phi) is 4.81. The largest absolute Gasteiger partial charge is 0.333 e. The molecule has 4 amide bonds. The first-order chi connectivity index (χ1) is 13.5. The average Bonchev–Trinajstić information content (AvgIpc) is 3.22. The molecular weight excluding hydrogens is 360 g/mol. The highest BCUT2D eigenvalue weighted by molar-refractivity contribution is 6.04. The topological polar surface area (TPSA) is 109 Å². The minimum atomic E-state index is -0.646. The Labute approximate surface area is 162 Å². The van der Waals surface area contributed by atoms with Crippen LogP contribution in [-0.4, -0.2) is 50.1 Å². The van der Waals surface area contributed by atoms with Crippen LogP contribution in [0.4, 0.5) is 4.79 Å². The summed E-state index contributed by atoms with van der Waals surface area (Å²) in [5.41, 5.74) is 1.19. The molecule has 1 aromatic heterocycles. The zero-order valence-corrected chi connectivity index (χ0v) is 15.6. The van der Waals surface area contributed by atoms with Crippen LogP contribution in [0.15, 0.2) is 30.3 Å². The van der Waals surface area contributed by atoms with Crippen molar-refractivity contribution in [3.8, 4) is 0 Å². The van der Waals surface area contributed by atoms with Crippen molar-refractivity contribution in [2.24, 2.45) is 0 Å². The van der Waals surface area contributed by atoms with E-state index in [0.29, 0.717) is 13.1 Å². The molecule has 1 aromatic carbocycles. The third kappa shape index (κ3) is 3.60. The Morgan fingerprint density at radius 3 is 2.71 bits per heavy atom. The fourth-order valence-electron chi connectivity index (χ4n) is 3.89. The summed E-state index contributed by atoms with van der Waals surface area (Å²) in [4.78, 5) is 37.4. The van der Waals surface area contributed by atoms with E-state index in [0.717, 1.165) is 18.1 Å². The standard InChI is InChI=1S/C19H22N6O3/c1-12-22-23-16-11-24(17(26)8-7-15-18(27)21-19(28)20-15)10-14(25(12)16)9-13-5-3-2-4-6-13/h2-6,14-15H,7-11H2,1H3,(H2,20,21,27,28)/t14-,15+/m1/s1. The van der Waals surface area contributed by atoms with Gasteiger partial charge in [0.1, 0.15) is 11.9 Å². The van der Waals surface area contributed by atoms with E-state index in [2.05, 4.69) is 37.5 Å². The summed E-state index contributed by atoms with van der Waals surface area (Å²) in [6, 6.07) is 9.03. The molecular formula is C19H22N6O3. The van der Waals surface area contributed by atoms with Crippen molar-refractivity contribution < 1.29 is 14.4 Å². The van der Waals surface area contributed by atoms with Crippen LogP contribution >= 0.6 is 0 Å². The average molecular weight is 382 g/mol. The second-order valence-corrected chi connectivity index (χ2v) is 7.21. The fraction of sp³-hybridized carbons (Fsp3) is 0.421. The molecule has 0 bridgehead atoms. The molecule has 0 aliphatic carbocycles. The summed E-state index contributed by atoms with van der Waals surface area (Å²) in [6.07, 6.45) is 1.24. The molecule has 28 heavy (non-hydrogen) atoms. The molecule has 2 aliphatic rings. The summed E-state index contributed by atoms with van der Waals surface area (Å²) in [5.74, 6) is 1.17. The lowest BCUT2D eigenvalue weighted by Gasteiger charge is -2.34. The summed E-state index contributed by atoms with van der Waals surface area (Å²) >= 11 is 0. The van der Waals surface area contributed by atoms with E-state index in [1.807, 2.05) is 25.1 Å². The highest BCUT2D eigenvalue weighted by atomic mass is 16.2. The van der Waals surface area contributed by atoms with E-state index < -0.39 is 12.1 Å². The first kappa shape index (κ1) is 18.1. The molecule has 3 heterocycles. The molecule has 0 spiro atoms. The third-order valence-electron chi connectivity index (χ3n) is 5.24. The van der Waals surface area contributed by atoms with Gasteiger partial charge in [-0.1, -0.05) is 30.3 Å². The van der Waals surface area contributed by atoms with E-state index in [-0.39, 0.29) is 30.7 Å². The zero-order chi connectivity index (χ0) is 19.7. The number of hydrogen-bond acceptors (Lipinski definition) is 5. The smallest absolute Gasteiger partial charge is 0.322 e. The van der Waals surface area contributed by atoms with Gasteiger partial charge in [0.25, 0.3) is 5.91 Å². The van der Waals surface area contributed by atoms with Crippen LogP contribution in [0, 0.1) is 6.92 Å². The number of carbonyl (C=O) groups is 3. The molecule has 2 aliphatic heterocycles. The number of aryl methyl sites for hydroxylation is 1. The van der Waals surface area contributed by atoms with Crippen molar-refractivity contribution in [1.29, 1.82) is 0 Å². The lowest BCUT2D eigenvalue weighted by molar-refractivity contribution is -0.133. The first-order valence-electron chi connectivity index (χ1n) is 9.34. The highest BCUT2D eigenvalue weighted by Crippen LogP contribution is 2.25. The van der Waals surface area contributed by atoms with Crippen molar-refractivity contribution in [2.45, 2.75) is 44.8 Å². The first-order valence-corrected chi connectivity index (χ1v) is 9.34. The van der Waals surface area contributed by atoms with Gasteiger partial charge in [-0.05, 0) is 25.3 Å². The van der Waals surface area contributed by atoms with Gasteiger partial charge >= 0.3 is 6.03 Å². The van der Waals surface area contributed by atoms with Gasteiger partial charge in [-0.15, -0.1) is 10.2 Å². The van der Waals surface area contributed by atoms with Gasteiger partial charge in [-0.25, -0.2) is 4.79 Å². The Morgan fingerprint density at radius 1 is 1.21 bits per heavy atom. The van der Waals surface area contributed by atoms with Crippen LogP contribution in [0.3, 0.4) is 0 Å². The monoisotopic (exact) mass is 382 g/mol. The van der Waals surface area contributed by atoms with Gasteiger partial charge < -0.3 is 14.8 Å². The molecule has 0 radical (unpaired) electrons. The Bertz CT molecular complexity index is 910. The molecule has 2 atom stereocenters. The van der Waals surface area contributed by atoms with Gasteiger partial charge in [0.2, 0.25) is 5.91 Å². The Morgan fingerprint density at radius 2 is 2.00 bits per heavy atom. The maximum absolute atomic E-state index is 12.8. The number of amides is 4. The number of rotatable bonds is 5. The summed E-state index contributed by atoms with van der Waals surface area (Å²) in [5, 5.41) is 13.1. The lowest BCUT2D eigenvalue weighted by atomic mass is 10.0. The van der Waals surface area contributed by atoms with Crippen LogP contribution in [0.1, 0.15) is 36.1 Å². The number of imide groups is 1. The van der Waals surface area contributed by atoms with Gasteiger partial charge in [-0.3, -0.25) is 14.9 Å². The molecule has 1 fully saturated rings.